The molecule has 0 fully saturated rings. The van der Waals surface area contributed by atoms with Crippen molar-refractivity contribution < 1.29 is 4.79 Å². The molecule has 5 nitrogen and oxygen atoms in total. The predicted octanol–water partition coefficient (Wildman–Crippen LogP) is 1.14. The third kappa shape index (κ3) is 2.24. The highest BCUT2D eigenvalue weighted by molar-refractivity contribution is 5.79. The topological polar surface area (TPSA) is 72.9 Å². The SMILES string of the molecule is CCCC(C(=O)NN)n1nc(C)c(C)c1C. The van der Waals surface area contributed by atoms with Crippen LogP contribution in [0.2, 0.25) is 0 Å². The van der Waals surface area contributed by atoms with Gasteiger partial charge in [0, 0.05) is 5.69 Å². The quantitative estimate of drug-likeness (QED) is 0.457. The van der Waals surface area contributed by atoms with Gasteiger partial charge in [0.1, 0.15) is 6.04 Å². The Morgan fingerprint density at radius 1 is 1.50 bits per heavy atom. The molecule has 0 bridgehead atoms. The summed E-state index contributed by atoms with van der Waals surface area (Å²) < 4.78 is 1.77. The Balaban J connectivity index is 3.10. The van der Waals surface area contributed by atoms with Crippen LogP contribution in [0.4, 0.5) is 0 Å². The van der Waals surface area contributed by atoms with E-state index in [1.165, 1.54) is 0 Å². The molecular weight excluding hydrogens is 204 g/mol. The summed E-state index contributed by atoms with van der Waals surface area (Å²) >= 11 is 0. The van der Waals surface area contributed by atoms with Gasteiger partial charge in [-0.15, -0.1) is 0 Å². The molecule has 1 aromatic heterocycles. The second-order valence-corrected chi connectivity index (χ2v) is 4.05. The second kappa shape index (κ2) is 5.12. The number of aryl methyl sites for hydroxylation is 1. The Kier molecular flexibility index (Phi) is 4.06. The molecule has 90 valence electrons. The molecule has 1 heterocycles. The molecule has 1 amide bonds. The van der Waals surface area contributed by atoms with E-state index in [1.807, 2.05) is 27.7 Å². The Morgan fingerprint density at radius 3 is 2.50 bits per heavy atom. The lowest BCUT2D eigenvalue weighted by molar-refractivity contribution is -0.124. The first kappa shape index (κ1) is 12.7. The molecule has 0 radical (unpaired) electrons. The summed E-state index contributed by atoms with van der Waals surface area (Å²) in [5, 5.41) is 4.40. The normalized spacial score (nSPS) is 12.6. The van der Waals surface area contributed by atoms with E-state index in [0.29, 0.717) is 0 Å². The van der Waals surface area contributed by atoms with Crippen molar-refractivity contribution in [2.75, 3.05) is 0 Å². The predicted molar refractivity (Wildman–Crippen MR) is 62.7 cm³/mol. The average molecular weight is 224 g/mol. The lowest BCUT2D eigenvalue weighted by atomic mass is 10.1. The van der Waals surface area contributed by atoms with E-state index in [4.69, 9.17) is 5.84 Å². The van der Waals surface area contributed by atoms with Crippen LogP contribution in [0.3, 0.4) is 0 Å². The third-order valence-electron chi connectivity index (χ3n) is 2.99. The van der Waals surface area contributed by atoms with Gasteiger partial charge in [-0.3, -0.25) is 14.9 Å². The summed E-state index contributed by atoms with van der Waals surface area (Å²) in [5.41, 5.74) is 5.32. The molecule has 0 aliphatic carbocycles. The van der Waals surface area contributed by atoms with Crippen LogP contribution in [0.5, 0.6) is 0 Å². The maximum atomic E-state index is 11.7. The standard InChI is InChI=1S/C11H20N4O/c1-5-6-10(11(16)13-12)15-9(4)7(2)8(3)14-15/h10H,5-6,12H2,1-4H3,(H,13,16). The third-order valence-corrected chi connectivity index (χ3v) is 2.99. The smallest absolute Gasteiger partial charge is 0.258 e. The van der Waals surface area contributed by atoms with Crippen molar-refractivity contribution >= 4 is 5.91 Å². The Bertz CT molecular complexity index is 384. The van der Waals surface area contributed by atoms with E-state index >= 15 is 0 Å². The van der Waals surface area contributed by atoms with Crippen LogP contribution < -0.4 is 11.3 Å². The fourth-order valence-electron chi connectivity index (χ4n) is 1.78. The van der Waals surface area contributed by atoms with Crippen molar-refractivity contribution in [2.24, 2.45) is 5.84 Å². The van der Waals surface area contributed by atoms with Crippen LogP contribution in [-0.2, 0) is 4.79 Å². The van der Waals surface area contributed by atoms with Crippen molar-refractivity contribution in [3.63, 3.8) is 0 Å². The van der Waals surface area contributed by atoms with Crippen LogP contribution in [0.25, 0.3) is 0 Å². The van der Waals surface area contributed by atoms with Crippen molar-refractivity contribution in [2.45, 2.75) is 46.6 Å². The van der Waals surface area contributed by atoms with Crippen molar-refractivity contribution in [3.05, 3.63) is 17.0 Å². The lowest BCUT2D eigenvalue weighted by Gasteiger charge is -2.16. The molecular formula is C11H20N4O. The van der Waals surface area contributed by atoms with Gasteiger partial charge in [0.2, 0.25) is 0 Å². The fraction of sp³-hybridized carbons (Fsp3) is 0.636. The maximum Gasteiger partial charge on any atom is 0.258 e. The van der Waals surface area contributed by atoms with Crippen LogP contribution >= 0.6 is 0 Å². The van der Waals surface area contributed by atoms with Crippen molar-refractivity contribution in [3.8, 4) is 0 Å². The minimum absolute atomic E-state index is 0.188. The summed E-state index contributed by atoms with van der Waals surface area (Å²) in [7, 11) is 0. The summed E-state index contributed by atoms with van der Waals surface area (Å²) in [4.78, 5) is 11.7. The van der Waals surface area contributed by atoms with Gasteiger partial charge >= 0.3 is 0 Å². The highest BCUT2D eigenvalue weighted by atomic mass is 16.2. The van der Waals surface area contributed by atoms with Gasteiger partial charge in [0.25, 0.3) is 5.91 Å². The minimum atomic E-state index is -0.303. The summed E-state index contributed by atoms with van der Waals surface area (Å²) in [6, 6.07) is -0.303. The molecule has 0 saturated carbocycles. The molecule has 1 rings (SSSR count). The molecule has 1 atom stereocenters. The molecule has 0 aliphatic rings. The zero-order valence-corrected chi connectivity index (χ0v) is 10.4. The summed E-state index contributed by atoms with van der Waals surface area (Å²) in [6.07, 6.45) is 1.65. The van der Waals surface area contributed by atoms with Crippen LogP contribution in [-0.4, -0.2) is 15.7 Å². The van der Waals surface area contributed by atoms with Crippen molar-refractivity contribution in [1.29, 1.82) is 0 Å². The van der Waals surface area contributed by atoms with E-state index in [1.54, 1.807) is 4.68 Å². The van der Waals surface area contributed by atoms with Gasteiger partial charge < -0.3 is 0 Å². The van der Waals surface area contributed by atoms with Gasteiger partial charge in [-0.1, -0.05) is 13.3 Å². The first-order valence-corrected chi connectivity index (χ1v) is 5.55. The Morgan fingerprint density at radius 2 is 2.12 bits per heavy atom. The number of nitrogens with two attached hydrogens (primary N) is 1. The number of aromatic nitrogens is 2. The van der Waals surface area contributed by atoms with Crippen LogP contribution in [0, 0.1) is 20.8 Å². The number of rotatable bonds is 4. The monoisotopic (exact) mass is 224 g/mol. The van der Waals surface area contributed by atoms with Gasteiger partial charge in [0.15, 0.2) is 0 Å². The maximum absolute atomic E-state index is 11.7. The fourth-order valence-corrected chi connectivity index (χ4v) is 1.78. The number of hydrazine groups is 1. The average Bonchev–Trinajstić information content (AvgIpc) is 2.53. The zero-order chi connectivity index (χ0) is 12.3. The minimum Gasteiger partial charge on any atom is -0.292 e. The number of hydrogen-bond acceptors (Lipinski definition) is 3. The molecule has 0 aliphatic heterocycles. The van der Waals surface area contributed by atoms with Crippen LogP contribution in [0.15, 0.2) is 0 Å². The number of carbonyl (C=O) groups excluding carboxylic acids is 1. The lowest BCUT2D eigenvalue weighted by Crippen LogP contribution is -2.37. The summed E-state index contributed by atoms with van der Waals surface area (Å²) in [5.74, 6) is 5.01. The van der Waals surface area contributed by atoms with E-state index in [-0.39, 0.29) is 11.9 Å². The van der Waals surface area contributed by atoms with E-state index < -0.39 is 0 Å². The molecule has 3 N–H and O–H groups in total. The molecule has 16 heavy (non-hydrogen) atoms. The highest BCUT2D eigenvalue weighted by Gasteiger charge is 2.22. The van der Waals surface area contributed by atoms with Gasteiger partial charge in [-0.25, -0.2) is 5.84 Å². The molecule has 0 saturated heterocycles. The number of carbonyl (C=O) groups is 1. The first-order valence-electron chi connectivity index (χ1n) is 5.55. The molecule has 1 unspecified atom stereocenters. The van der Waals surface area contributed by atoms with E-state index in [2.05, 4.69) is 10.5 Å². The largest absolute Gasteiger partial charge is 0.292 e. The molecule has 5 heteroatoms. The van der Waals surface area contributed by atoms with Gasteiger partial charge in [0.05, 0.1) is 5.69 Å². The van der Waals surface area contributed by atoms with Crippen molar-refractivity contribution in [1.82, 2.24) is 15.2 Å². The van der Waals surface area contributed by atoms with Gasteiger partial charge in [-0.05, 0) is 32.8 Å². The van der Waals surface area contributed by atoms with Gasteiger partial charge in [-0.2, -0.15) is 5.10 Å². The number of hydrogen-bond donors (Lipinski definition) is 2. The van der Waals surface area contributed by atoms with E-state index in [9.17, 15) is 4.79 Å². The molecule has 0 spiro atoms. The highest BCUT2D eigenvalue weighted by Crippen LogP contribution is 2.20. The summed E-state index contributed by atoms with van der Waals surface area (Å²) in [6.45, 7) is 7.97. The van der Waals surface area contributed by atoms with Crippen LogP contribution in [0.1, 0.15) is 42.8 Å². The number of nitrogens with zero attached hydrogens (tertiary/aromatic N) is 2. The Labute approximate surface area is 96.0 Å². The molecule has 0 aromatic carbocycles. The zero-order valence-electron chi connectivity index (χ0n) is 10.4. The number of amides is 1. The first-order chi connectivity index (χ1) is 7.52. The number of nitrogens with one attached hydrogen (secondary N) is 1. The molecule has 1 aromatic rings. The second-order valence-electron chi connectivity index (χ2n) is 4.05. The Hall–Kier alpha value is -1.36. The van der Waals surface area contributed by atoms with E-state index in [0.717, 1.165) is 29.8 Å².